The number of carbonyl (C=O) groups excluding carboxylic acids is 1. The van der Waals surface area contributed by atoms with Crippen LogP contribution in [0.4, 0.5) is 4.39 Å². The Balaban J connectivity index is 1.67. The minimum atomic E-state index is -0.321. The first-order valence-electron chi connectivity index (χ1n) is 6.84. The predicted molar refractivity (Wildman–Crippen MR) is 81.1 cm³/mol. The standard InChI is InChI=1S/C17H14FN3O/c18-16-4-2-1-3-14(16)11-20-17(22)13-5-7-15(8-6-13)21-10-9-19-12-21/h1-10,12H,11H2,(H,20,22). The molecule has 3 rings (SSSR count). The molecule has 0 fully saturated rings. The van der Waals surface area contributed by atoms with Gasteiger partial charge in [0.2, 0.25) is 0 Å². The molecular weight excluding hydrogens is 281 g/mol. The second kappa shape index (κ2) is 6.22. The number of rotatable bonds is 4. The third kappa shape index (κ3) is 3.03. The molecule has 0 spiro atoms. The molecule has 0 aliphatic heterocycles. The van der Waals surface area contributed by atoms with Crippen molar-refractivity contribution in [3.8, 4) is 5.69 Å². The molecule has 1 amide bonds. The number of nitrogens with one attached hydrogen (secondary N) is 1. The average molecular weight is 295 g/mol. The van der Waals surface area contributed by atoms with Crippen LogP contribution in [0.5, 0.6) is 0 Å². The molecule has 1 aromatic heterocycles. The van der Waals surface area contributed by atoms with E-state index in [9.17, 15) is 9.18 Å². The van der Waals surface area contributed by atoms with Gasteiger partial charge in [-0.3, -0.25) is 4.79 Å². The van der Waals surface area contributed by atoms with Crippen LogP contribution in [-0.2, 0) is 6.54 Å². The van der Waals surface area contributed by atoms with Crippen LogP contribution in [0.15, 0.2) is 67.3 Å². The van der Waals surface area contributed by atoms with Crippen molar-refractivity contribution in [1.82, 2.24) is 14.9 Å². The molecular formula is C17H14FN3O. The molecule has 0 atom stereocenters. The van der Waals surface area contributed by atoms with E-state index in [1.807, 2.05) is 22.9 Å². The van der Waals surface area contributed by atoms with Crippen molar-refractivity contribution in [2.45, 2.75) is 6.54 Å². The Hall–Kier alpha value is -2.95. The largest absolute Gasteiger partial charge is 0.348 e. The van der Waals surface area contributed by atoms with Crippen LogP contribution < -0.4 is 5.32 Å². The zero-order chi connectivity index (χ0) is 15.4. The number of benzene rings is 2. The van der Waals surface area contributed by atoms with Gasteiger partial charge in [-0.1, -0.05) is 18.2 Å². The summed E-state index contributed by atoms with van der Waals surface area (Å²) in [6.07, 6.45) is 5.20. The lowest BCUT2D eigenvalue weighted by atomic mass is 10.1. The maximum absolute atomic E-state index is 13.5. The molecule has 0 saturated heterocycles. The van der Waals surface area contributed by atoms with E-state index in [2.05, 4.69) is 10.3 Å². The predicted octanol–water partition coefficient (Wildman–Crippen LogP) is 2.94. The van der Waals surface area contributed by atoms with E-state index >= 15 is 0 Å². The molecule has 0 unspecified atom stereocenters. The number of amides is 1. The molecule has 22 heavy (non-hydrogen) atoms. The molecule has 4 nitrogen and oxygen atoms in total. The zero-order valence-corrected chi connectivity index (χ0v) is 11.7. The molecule has 110 valence electrons. The van der Waals surface area contributed by atoms with E-state index in [0.717, 1.165) is 5.69 Å². The van der Waals surface area contributed by atoms with Gasteiger partial charge < -0.3 is 9.88 Å². The quantitative estimate of drug-likeness (QED) is 0.804. The molecule has 0 saturated carbocycles. The van der Waals surface area contributed by atoms with Crippen molar-refractivity contribution in [3.05, 3.63) is 84.2 Å². The molecule has 0 radical (unpaired) electrons. The van der Waals surface area contributed by atoms with Gasteiger partial charge in [-0.05, 0) is 30.3 Å². The normalized spacial score (nSPS) is 10.4. The summed E-state index contributed by atoms with van der Waals surface area (Å²) in [4.78, 5) is 16.0. The summed E-state index contributed by atoms with van der Waals surface area (Å²) in [5.41, 5.74) is 1.91. The third-order valence-electron chi connectivity index (χ3n) is 3.33. The van der Waals surface area contributed by atoms with E-state index in [-0.39, 0.29) is 18.3 Å². The van der Waals surface area contributed by atoms with Gasteiger partial charge in [0.25, 0.3) is 5.91 Å². The molecule has 1 N–H and O–H groups in total. The Labute approximate surface area is 127 Å². The second-order valence-electron chi connectivity index (χ2n) is 4.79. The summed E-state index contributed by atoms with van der Waals surface area (Å²) in [6, 6.07) is 13.5. The van der Waals surface area contributed by atoms with Crippen molar-refractivity contribution in [1.29, 1.82) is 0 Å². The minimum Gasteiger partial charge on any atom is -0.348 e. The van der Waals surface area contributed by atoms with Gasteiger partial charge in [0.1, 0.15) is 5.82 Å². The van der Waals surface area contributed by atoms with E-state index in [0.29, 0.717) is 11.1 Å². The number of aromatic nitrogens is 2. The zero-order valence-electron chi connectivity index (χ0n) is 11.7. The third-order valence-corrected chi connectivity index (χ3v) is 3.33. The fourth-order valence-corrected chi connectivity index (χ4v) is 2.12. The highest BCUT2D eigenvalue weighted by atomic mass is 19.1. The Morgan fingerprint density at radius 1 is 1.14 bits per heavy atom. The number of hydrogen-bond donors (Lipinski definition) is 1. The van der Waals surface area contributed by atoms with E-state index in [1.165, 1.54) is 6.07 Å². The van der Waals surface area contributed by atoms with Crippen LogP contribution in [0.1, 0.15) is 15.9 Å². The van der Waals surface area contributed by atoms with Crippen molar-refractivity contribution < 1.29 is 9.18 Å². The molecule has 0 aliphatic rings. The van der Waals surface area contributed by atoms with Gasteiger partial charge in [0, 0.05) is 35.8 Å². The lowest BCUT2D eigenvalue weighted by Crippen LogP contribution is -2.23. The van der Waals surface area contributed by atoms with Crippen molar-refractivity contribution in [2.75, 3.05) is 0 Å². The summed E-state index contributed by atoms with van der Waals surface area (Å²) in [7, 11) is 0. The number of hydrogen-bond acceptors (Lipinski definition) is 2. The molecule has 3 aromatic rings. The minimum absolute atomic E-state index is 0.161. The van der Waals surface area contributed by atoms with E-state index < -0.39 is 0 Å². The maximum Gasteiger partial charge on any atom is 0.251 e. The number of carbonyl (C=O) groups is 1. The Kier molecular flexibility index (Phi) is 3.96. The Morgan fingerprint density at radius 2 is 1.91 bits per heavy atom. The second-order valence-corrected chi connectivity index (χ2v) is 4.79. The summed E-state index contributed by atoms with van der Waals surface area (Å²) in [6.45, 7) is 0.161. The molecule has 0 aliphatic carbocycles. The van der Waals surface area contributed by atoms with Crippen molar-refractivity contribution in [2.24, 2.45) is 0 Å². The van der Waals surface area contributed by atoms with Crippen LogP contribution in [0, 0.1) is 5.82 Å². The van der Waals surface area contributed by atoms with E-state index in [1.54, 1.807) is 42.9 Å². The number of nitrogens with zero attached hydrogens (tertiary/aromatic N) is 2. The summed E-state index contributed by atoms with van der Waals surface area (Å²) < 4.78 is 15.3. The van der Waals surface area contributed by atoms with Gasteiger partial charge in [-0.2, -0.15) is 0 Å². The number of halogens is 1. The summed E-state index contributed by atoms with van der Waals surface area (Å²) in [5, 5.41) is 2.71. The topological polar surface area (TPSA) is 46.9 Å². The highest BCUT2D eigenvalue weighted by Gasteiger charge is 2.07. The average Bonchev–Trinajstić information content (AvgIpc) is 3.08. The fourth-order valence-electron chi connectivity index (χ4n) is 2.12. The van der Waals surface area contributed by atoms with Crippen molar-refractivity contribution in [3.63, 3.8) is 0 Å². The van der Waals surface area contributed by atoms with Gasteiger partial charge in [-0.15, -0.1) is 0 Å². The lowest BCUT2D eigenvalue weighted by Gasteiger charge is -2.07. The summed E-state index contributed by atoms with van der Waals surface area (Å²) in [5.74, 6) is -0.557. The monoisotopic (exact) mass is 295 g/mol. The van der Waals surface area contributed by atoms with Crippen LogP contribution in [-0.4, -0.2) is 15.5 Å². The van der Waals surface area contributed by atoms with Gasteiger partial charge in [0.05, 0.1) is 6.33 Å². The van der Waals surface area contributed by atoms with Crippen LogP contribution >= 0.6 is 0 Å². The first-order chi connectivity index (χ1) is 10.7. The van der Waals surface area contributed by atoms with Crippen molar-refractivity contribution >= 4 is 5.91 Å². The maximum atomic E-state index is 13.5. The smallest absolute Gasteiger partial charge is 0.251 e. The van der Waals surface area contributed by atoms with Gasteiger partial charge >= 0.3 is 0 Å². The highest BCUT2D eigenvalue weighted by molar-refractivity contribution is 5.94. The van der Waals surface area contributed by atoms with Gasteiger partial charge in [-0.25, -0.2) is 9.37 Å². The van der Waals surface area contributed by atoms with Crippen LogP contribution in [0.25, 0.3) is 5.69 Å². The SMILES string of the molecule is O=C(NCc1ccccc1F)c1ccc(-n2ccnc2)cc1. The molecule has 5 heteroatoms. The molecule has 0 bridgehead atoms. The van der Waals surface area contributed by atoms with Gasteiger partial charge in [0.15, 0.2) is 0 Å². The fraction of sp³-hybridized carbons (Fsp3) is 0.0588. The summed E-state index contributed by atoms with van der Waals surface area (Å²) >= 11 is 0. The van der Waals surface area contributed by atoms with Crippen LogP contribution in [0.2, 0.25) is 0 Å². The van der Waals surface area contributed by atoms with E-state index in [4.69, 9.17) is 0 Å². The Morgan fingerprint density at radius 3 is 2.59 bits per heavy atom. The van der Waals surface area contributed by atoms with Crippen LogP contribution in [0.3, 0.4) is 0 Å². The lowest BCUT2D eigenvalue weighted by molar-refractivity contribution is 0.0950. The number of imidazole rings is 1. The first kappa shape index (κ1) is 14.0. The Bertz CT molecular complexity index is 767. The first-order valence-corrected chi connectivity index (χ1v) is 6.84. The molecule has 2 aromatic carbocycles. The highest BCUT2D eigenvalue weighted by Crippen LogP contribution is 2.10. The molecule has 1 heterocycles.